The highest BCUT2D eigenvalue weighted by molar-refractivity contribution is 4.53. The average molecular weight is 260 g/mol. The first-order valence-electron chi connectivity index (χ1n) is 7.37. The Hall–Kier alpha value is -0.120. The molecule has 0 aliphatic rings. The largest absolute Gasteiger partial charge is 0.379 e. The number of hydrogen-bond acceptors (Lipinski definition) is 3. The first kappa shape index (κ1) is 17.9. The molecule has 0 saturated heterocycles. The number of rotatable bonds is 12. The Morgan fingerprint density at radius 2 is 1.50 bits per heavy atom. The van der Waals surface area contributed by atoms with Gasteiger partial charge in [0.1, 0.15) is 0 Å². The van der Waals surface area contributed by atoms with Crippen molar-refractivity contribution in [3.05, 3.63) is 0 Å². The molecule has 0 bridgehead atoms. The normalized spacial score (nSPS) is 15.0. The lowest BCUT2D eigenvalue weighted by molar-refractivity contribution is -0.0575. The van der Waals surface area contributed by atoms with Crippen molar-refractivity contribution in [1.29, 1.82) is 0 Å². The second-order valence-electron chi connectivity index (χ2n) is 5.44. The standard InChI is InChI=1S/C15H32O3/c1-6-9-16-11-14(4)18-12-15(5)17-10-7-8-13(2)3/h13-15H,6-12H2,1-5H3. The lowest BCUT2D eigenvalue weighted by atomic mass is 10.1. The van der Waals surface area contributed by atoms with Gasteiger partial charge in [0.25, 0.3) is 0 Å². The average Bonchev–Trinajstić information content (AvgIpc) is 2.32. The molecule has 2 atom stereocenters. The third kappa shape index (κ3) is 12.3. The van der Waals surface area contributed by atoms with Crippen LogP contribution in [0, 0.1) is 5.92 Å². The van der Waals surface area contributed by atoms with E-state index in [1.165, 1.54) is 6.42 Å². The summed E-state index contributed by atoms with van der Waals surface area (Å²) in [6.07, 6.45) is 3.75. The summed E-state index contributed by atoms with van der Waals surface area (Å²) < 4.78 is 16.8. The Morgan fingerprint density at radius 3 is 2.11 bits per heavy atom. The molecule has 0 aromatic heterocycles. The third-order valence-electron chi connectivity index (χ3n) is 2.64. The minimum Gasteiger partial charge on any atom is -0.379 e. The van der Waals surface area contributed by atoms with Crippen molar-refractivity contribution in [1.82, 2.24) is 0 Å². The highest BCUT2D eigenvalue weighted by atomic mass is 16.6. The van der Waals surface area contributed by atoms with Crippen LogP contribution in [0.3, 0.4) is 0 Å². The van der Waals surface area contributed by atoms with Gasteiger partial charge in [-0.1, -0.05) is 20.8 Å². The predicted molar refractivity (Wildman–Crippen MR) is 76.0 cm³/mol. The van der Waals surface area contributed by atoms with E-state index in [-0.39, 0.29) is 12.2 Å². The van der Waals surface area contributed by atoms with Gasteiger partial charge in [0.05, 0.1) is 25.4 Å². The van der Waals surface area contributed by atoms with E-state index in [0.717, 1.165) is 32.0 Å². The quantitative estimate of drug-likeness (QED) is 0.501. The molecule has 0 rings (SSSR count). The monoisotopic (exact) mass is 260 g/mol. The summed E-state index contributed by atoms with van der Waals surface area (Å²) in [5.74, 6) is 0.760. The summed E-state index contributed by atoms with van der Waals surface area (Å²) in [4.78, 5) is 0. The van der Waals surface area contributed by atoms with Gasteiger partial charge in [-0.25, -0.2) is 0 Å². The van der Waals surface area contributed by atoms with Crippen molar-refractivity contribution in [3.8, 4) is 0 Å². The minimum absolute atomic E-state index is 0.151. The Balaban J connectivity index is 3.37. The molecule has 0 aromatic rings. The number of hydrogen-bond donors (Lipinski definition) is 0. The Labute approximate surface area is 113 Å². The molecule has 0 radical (unpaired) electrons. The van der Waals surface area contributed by atoms with Crippen LogP contribution in [0.1, 0.15) is 53.9 Å². The Kier molecular flexibility index (Phi) is 11.9. The molecule has 0 aliphatic carbocycles. The van der Waals surface area contributed by atoms with Crippen LogP contribution in [0.5, 0.6) is 0 Å². The highest BCUT2D eigenvalue weighted by Crippen LogP contribution is 2.05. The maximum absolute atomic E-state index is 5.70. The topological polar surface area (TPSA) is 27.7 Å². The van der Waals surface area contributed by atoms with Crippen molar-refractivity contribution in [3.63, 3.8) is 0 Å². The fourth-order valence-electron chi connectivity index (χ4n) is 1.57. The number of ether oxygens (including phenoxy) is 3. The van der Waals surface area contributed by atoms with E-state index in [1.54, 1.807) is 0 Å². The van der Waals surface area contributed by atoms with Crippen LogP contribution in [0.25, 0.3) is 0 Å². The van der Waals surface area contributed by atoms with Crippen LogP contribution in [-0.4, -0.2) is 38.6 Å². The molecule has 0 aliphatic heterocycles. The zero-order valence-electron chi connectivity index (χ0n) is 12.9. The summed E-state index contributed by atoms with van der Waals surface area (Å²) in [6.45, 7) is 13.7. The van der Waals surface area contributed by atoms with E-state index in [0.29, 0.717) is 13.2 Å². The second-order valence-corrected chi connectivity index (χ2v) is 5.44. The van der Waals surface area contributed by atoms with Gasteiger partial charge in [0.2, 0.25) is 0 Å². The zero-order valence-corrected chi connectivity index (χ0v) is 12.9. The van der Waals surface area contributed by atoms with Crippen molar-refractivity contribution in [2.24, 2.45) is 5.92 Å². The molecular weight excluding hydrogens is 228 g/mol. The predicted octanol–water partition coefficient (Wildman–Crippen LogP) is 3.66. The molecule has 3 heteroatoms. The van der Waals surface area contributed by atoms with E-state index < -0.39 is 0 Å². The van der Waals surface area contributed by atoms with E-state index in [2.05, 4.69) is 27.7 Å². The summed E-state index contributed by atoms with van der Waals surface area (Å²) >= 11 is 0. The molecular formula is C15H32O3. The maximum Gasteiger partial charge on any atom is 0.0781 e. The van der Waals surface area contributed by atoms with E-state index >= 15 is 0 Å². The van der Waals surface area contributed by atoms with Gasteiger partial charge in [-0.2, -0.15) is 0 Å². The van der Waals surface area contributed by atoms with Crippen molar-refractivity contribution in [2.45, 2.75) is 66.1 Å². The zero-order chi connectivity index (χ0) is 13.8. The van der Waals surface area contributed by atoms with Crippen LogP contribution in [0.15, 0.2) is 0 Å². The van der Waals surface area contributed by atoms with Crippen molar-refractivity contribution in [2.75, 3.05) is 26.4 Å². The fraction of sp³-hybridized carbons (Fsp3) is 1.00. The molecule has 0 spiro atoms. The van der Waals surface area contributed by atoms with Crippen LogP contribution in [-0.2, 0) is 14.2 Å². The highest BCUT2D eigenvalue weighted by Gasteiger charge is 2.07. The maximum atomic E-state index is 5.70. The molecule has 110 valence electrons. The molecule has 0 aromatic carbocycles. The minimum atomic E-state index is 0.151. The Morgan fingerprint density at radius 1 is 0.833 bits per heavy atom. The van der Waals surface area contributed by atoms with Crippen LogP contribution in [0.2, 0.25) is 0 Å². The lowest BCUT2D eigenvalue weighted by Gasteiger charge is -2.18. The van der Waals surface area contributed by atoms with Crippen LogP contribution in [0.4, 0.5) is 0 Å². The van der Waals surface area contributed by atoms with Gasteiger partial charge in [-0.15, -0.1) is 0 Å². The van der Waals surface area contributed by atoms with E-state index in [1.807, 2.05) is 6.92 Å². The van der Waals surface area contributed by atoms with Gasteiger partial charge < -0.3 is 14.2 Å². The lowest BCUT2D eigenvalue weighted by Crippen LogP contribution is -2.24. The molecule has 0 fully saturated rings. The second kappa shape index (κ2) is 11.9. The summed E-state index contributed by atoms with van der Waals surface area (Å²) in [6, 6.07) is 0. The first-order valence-corrected chi connectivity index (χ1v) is 7.37. The van der Waals surface area contributed by atoms with Crippen LogP contribution < -0.4 is 0 Å². The SMILES string of the molecule is CCCOCC(C)OCC(C)OCCCC(C)C. The van der Waals surface area contributed by atoms with Gasteiger partial charge in [0.15, 0.2) is 0 Å². The van der Waals surface area contributed by atoms with Gasteiger partial charge in [0, 0.05) is 13.2 Å². The van der Waals surface area contributed by atoms with Crippen LogP contribution >= 0.6 is 0 Å². The first-order chi connectivity index (χ1) is 8.56. The van der Waals surface area contributed by atoms with Gasteiger partial charge in [-0.3, -0.25) is 0 Å². The summed E-state index contributed by atoms with van der Waals surface area (Å²) in [7, 11) is 0. The van der Waals surface area contributed by atoms with E-state index in [9.17, 15) is 0 Å². The van der Waals surface area contributed by atoms with Gasteiger partial charge in [-0.05, 0) is 39.0 Å². The van der Waals surface area contributed by atoms with E-state index in [4.69, 9.17) is 14.2 Å². The smallest absolute Gasteiger partial charge is 0.0781 e. The van der Waals surface area contributed by atoms with Gasteiger partial charge >= 0.3 is 0 Å². The van der Waals surface area contributed by atoms with Crippen molar-refractivity contribution >= 4 is 0 Å². The van der Waals surface area contributed by atoms with Crippen molar-refractivity contribution < 1.29 is 14.2 Å². The molecule has 0 heterocycles. The third-order valence-corrected chi connectivity index (χ3v) is 2.64. The molecule has 0 amide bonds. The Bertz CT molecular complexity index is 171. The fourth-order valence-corrected chi connectivity index (χ4v) is 1.57. The molecule has 0 saturated carbocycles. The molecule has 3 nitrogen and oxygen atoms in total. The molecule has 0 N–H and O–H groups in total. The molecule has 18 heavy (non-hydrogen) atoms. The molecule has 2 unspecified atom stereocenters. The summed E-state index contributed by atoms with van der Waals surface area (Å²) in [5, 5.41) is 0. The summed E-state index contributed by atoms with van der Waals surface area (Å²) in [5.41, 5.74) is 0.